The van der Waals surface area contributed by atoms with Gasteiger partial charge in [0.05, 0.1) is 0 Å². The van der Waals surface area contributed by atoms with Gasteiger partial charge in [-0.25, -0.2) is 0 Å². The Morgan fingerprint density at radius 2 is 2.10 bits per heavy atom. The van der Waals surface area contributed by atoms with Gasteiger partial charge in [0.2, 0.25) is 0 Å². The normalized spacial score (nSPS) is 17.2. The maximum atomic E-state index is 5.09. The SMILES string of the molecule is COB(OC)C1=CCCC1. The summed E-state index contributed by atoms with van der Waals surface area (Å²) in [6.45, 7) is 0. The Morgan fingerprint density at radius 1 is 1.40 bits per heavy atom. The van der Waals surface area contributed by atoms with Crippen LogP contribution in [-0.4, -0.2) is 21.3 Å². The molecule has 2 nitrogen and oxygen atoms in total. The molecule has 1 aliphatic carbocycles. The fraction of sp³-hybridized carbons (Fsp3) is 0.714. The molecule has 0 saturated carbocycles. The van der Waals surface area contributed by atoms with Crippen molar-refractivity contribution in [2.45, 2.75) is 19.3 Å². The molecule has 0 atom stereocenters. The van der Waals surface area contributed by atoms with Crippen molar-refractivity contribution < 1.29 is 9.31 Å². The average molecular weight is 140 g/mol. The van der Waals surface area contributed by atoms with Crippen LogP contribution in [0.3, 0.4) is 0 Å². The topological polar surface area (TPSA) is 18.5 Å². The molecule has 0 N–H and O–H groups in total. The monoisotopic (exact) mass is 140 g/mol. The Labute approximate surface area is 62.4 Å². The highest BCUT2D eigenvalue weighted by atomic mass is 16.6. The van der Waals surface area contributed by atoms with Crippen molar-refractivity contribution >= 4 is 7.12 Å². The van der Waals surface area contributed by atoms with Crippen LogP contribution in [-0.2, 0) is 9.31 Å². The van der Waals surface area contributed by atoms with E-state index in [0.29, 0.717) is 0 Å². The van der Waals surface area contributed by atoms with Crippen LogP contribution in [0.1, 0.15) is 19.3 Å². The van der Waals surface area contributed by atoms with Crippen LogP contribution in [0.4, 0.5) is 0 Å². The van der Waals surface area contributed by atoms with E-state index in [-0.39, 0.29) is 7.12 Å². The number of hydrogen-bond acceptors (Lipinski definition) is 2. The van der Waals surface area contributed by atoms with Crippen molar-refractivity contribution in [3.8, 4) is 0 Å². The number of allylic oxidation sites excluding steroid dienone is 2. The van der Waals surface area contributed by atoms with Crippen LogP contribution >= 0.6 is 0 Å². The molecule has 0 fully saturated rings. The quantitative estimate of drug-likeness (QED) is 0.552. The Balaban J connectivity index is 2.44. The molecule has 0 aliphatic heterocycles. The summed E-state index contributed by atoms with van der Waals surface area (Å²) in [6, 6.07) is 0. The molecule has 1 aliphatic rings. The van der Waals surface area contributed by atoms with Crippen LogP contribution in [0.25, 0.3) is 0 Å². The summed E-state index contributed by atoms with van der Waals surface area (Å²) < 4.78 is 10.2. The molecule has 1 rings (SSSR count). The first-order valence-electron chi connectivity index (χ1n) is 3.63. The van der Waals surface area contributed by atoms with E-state index >= 15 is 0 Å². The highest BCUT2D eigenvalue weighted by molar-refractivity contribution is 6.53. The van der Waals surface area contributed by atoms with Crippen LogP contribution in [0.15, 0.2) is 11.5 Å². The molecule has 0 radical (unpaired) electrons. The summed E-state index contributed by atoms with van der Waals surface area (Å²) in [6.07, 6.45) is 5.76. The van der Waals surface area contributed by atoms with Crippen molar-refractivity contribution in [1.29, 1.82) is 0 Å². The first-order valence-corrected chi connectivity index (χ1v) is 3.63. The summed E-state index contributed by atoms with van der Waals surface area (Å²) in [5.41, 5.74) is 1.30. The third kappa shape index (κ3) is 1.61. The second-order valence-corrected chi connectivity index (χ2v) is 2.47. The lowest BCUT2D eigenvalue weighted by atomic mass is 9.78. The predicted octanol–water partition coefficient (Wildman–Crippen LogP) is 1.42. The number of rotatable bonds is 3. The van der Waals surface area contributed by atoms with Crippen molar-refractivity contribution in [2.75, 3.05) is 14.2 Å². The Bertz CT molecular complexity index is 130. The summed E-state index contributed by atoms with van der Waals surface area (Å²) in [5.74, 6) is 0. The molecule has 0 saturated heterocycles. The zero-order valence-electron chi connectivity index (χ0n) is 6.59. The van der Waals surface area contributed by atoms with Gasteiger partial charge in [-0.1, -0.05) is 6.08 Å². The van der Waals surface area contributed by atoms with Gasteiger partial charge >= 0.3 is 7.12 Å². The average Bonchev–Trinajstić information content (AvgIpc) is 2.43. The van der Waals surface area contributed by atoms with Gasteiger partial charge in [-0.05, 0) is 24.7 Å². The maximum Gasteiger partial charge on any atom is 0.488 e. The van der Waals surface area contributed by atoms with Crippen LogP contribution in [0.2, 0.25) is 0 Å². The van der Waals surface area contributed by atoms with Gasteiger partial charge < -0.3 is 9.31 Å². The summed E-state index contributed by atoms with van der Waals surface area (Å²) in [5, 5.41) is 0. The minimum atomic E-state index is -0.0949. The smallest absolute Gasteiger partial charge is 0.410 e. The Morgan fingerprint density at radius 3 is 2.50 bits per heavy atom. The molecular weight excluding hydrogens is 127 g/mol. The van der Waals surface area contributed by atoms with E-state index in [1.807, 2.05) is 0 Å². The van der Waals surface area contributed by atoms with E-state index in [1.165, 1.54) is 18.3 Å². The lowest BCUT2D eigenvalue weighted by Gasteiger charge is -2.08. The molecule has 0 spiro atoms. The minimum absolute atomic E-state index is 0.0949. The van der Waals surface area contributed by atoms with Gasteiger partial charge in [0.1, 0.15) is 0 Å². The second kappa shape index (κ2) is 3.79. The van der Waals surface area contributed by atoms with Crippen molar-refractivity contribution in [1.82, 2.24) is 0 Å². The largest absolute Gasteiger partial charge is 0.488 e. The molecule has 0 aromatic rings. The van der Waals surface area contributed by atoms with E-state index < -0.39 is 0 Å². The van der Waals surface area contributed by atoms with E-state index in [0.717, 1.165) is 6.42 Å². The standard InChI is InChI=1S/C7H13BO2/c1-9-8(10-2)7-5-3-4-6-7/h5H,3-4,6H2,1-2H3. The zero-order valence-corrected chi connectivity index (χ0v) is 6.59. The Hall–Kier alpha value is -0.275. The molecule has 0 heterocycles. The molecule has 0 amide bonds. The Kier molecular flexibility index (Phi) is 2.96. The van der Waals surface area contributed by atoms with E-state index in [4.69, 9.17) is 9.31 Å². The molecule has 0 bridgehead atoms. The first kappa shape index (κ1) is 7.83. The first-order chi connectivity index (χ1) is 4.88. The van der Waals surface area contributed by atoms with E-state index in [9.17, 15) is 0 Å². The molecule has 0 aromatic carbocycles. The van der Waals surface area contributed by atoms with Gasteiger partial charge in [0, 0.05) is 14.2 Å². The molecule has 56 valence electrons. The third-order valence-corrected chi connectivity index (χ3v) is 1.81. The van der Waals surface area contributed by atoms with Crippen LogP contribution in [0, 0.1) is 0 Å². The van der Waals surface area contributed by atoms with E-state index in [1.54, 1.807) is 14.2 Å². The number of hydrogen-bond donors (Lipinski definition) is 0. The van der Waals surface area contributed by atoms with Crippen molar-refractivity contribution in [3.05, 3.63) is 11.5 Å². The van der Waals surface area contributed by atoms with Crippen molar-refractivity contribution in [3.63, 3.8) is 0 Å². The molecule has 3 heteroatoms. The molecule has 10 heavy (non-hydrogen) atoms. The summed E-state index contributed by atoms with van der Waals surface area (Å²) >= 11 is 0. The van der Waals surface area contributed by atoms with Crippen LogP contribution < -0.4 is 0 Å². The third-order valence-electron chi connectivity index (χ3n) is 1.81. The minimum Gasteiger partial charge on any atom is -0.410 e. The van der Waals surface area contributed by atoms with Gasteiger partial charge in [-0.2, -0.15) is 0 Å². The highest BCUT2D eigenvalue weighted by Gasteiger charge is 2.22. The molecule has 0 aromatic heterocycles. The van der Waals surface area contributed by atoms with Gasteiger partial charge in [-0.15, -0.1) is 0 Å². The van der Waals surface area contributed by atoms with E-state index in [2.05, 4.69) is 6.08 Å². The lowest BCUT2D eigenvalue weighted by molar-refractivity contribution is 0.286. The summed E-state index contributed by atoms with van der Waals surface area (Å²) in [7, 11) is 3.25. The predicted molar refractivity (Wildman–Crippen MR) is 41.7 cm³/mol. The molecular formula is C7H13BO2. The van der Waals surface area contributed by atoms with Gasteiger partial charge in [0.15, 0.2) is 0 Å². The van der Waals surface area contributed by atoms with Gasteiger partial charge in [0.25, 0.3) is 0 Å². The zero-order chi connectivity index (χ0) is 7.40. The fourth-order valence-corrected chi connectivity index (χ4v) is 1.31. The highest BCUT2D eigenvalue weighted by Crippen LogP contribution is 2.20. The summed E-state index contributed by atoms with van der Waals surface area (Å²) in [4.78, 5) is 0. The van der Waals surface area contributed by atoms with Crippen LogP contribution in [0.5, 0.6) is 0 Å². The van der Waals surface area contributed by atoms with Gasteiger partial charge in [-0.3, -0.25) is 0 Å². The van der Waals surface area contributed by atoms with Crippen molar-refractivity contribution in [2.24, 2.45) is 0 Å². The second-order valence-electron chi connectivity index (χ2n) is 2.47. The maximum absolute atomic E-state index is 5.09. The molecule has 0 unspecified atom stereocenters. The fourth-order valence-electron chi connectivity index (χ4n) is 1.31. The lowest BCUT2D eigenvalue weighted by Crippen LogP contribution is -2.21.